The Balaban J connectivity index is 2.23. The van der Waals surface area contributed by atoms with Crippen molar-refractivity contribution >= 4 is 0 Å². The monoisotopic (exact) mass is 116 g/mol. The third-order valence-electron chi connectivity index (χ3n) is 1.89. The molecule has 0 heterocycles. The van der Waals surface area contributed by atoms with Crippen molar-refractivity contribution < 1.29 is 11.5 Å². The molecule has 2 heteroatoms. The van der Waals surface area contributed by atoms with Crippen LogP contribution in [0.4, 0.5) is 0 Å². The van der Waals surface area contributed by atoms with Crippen LogP contribution in [0.3, 0.4) is 0 Å². The largest absolute Gasteiger partial charge is 0.355 e. The summed E-state index contributed by atoms with van der Waals surface area (Å²) in [5.41, 5.74) is 8.02. The van der Waals surface area contributed by atoms with Gasteiger partial charge in [-0.1, -0.05) is 0 Å². The smallest absolute Gasteiger partial charge is 0.0900 e. The Morgan fingerprint density at radius 1 is 1.00 bits per heavy atom. The lowest BCUT2D eigenvalue weighted by Gasteiger charge is -2.17. The molecular formula is C6H16N2+2. The predicted molar refractivity (Wildman–Crippen MR) is 31.8 cm³/mol. The molecule has 1 rings (SSSR count). The average Bonchev–Trinajstić information content (AvgIpc) is 1.64. The fourth-order valence-electron chi connectivity index (χ4n) is 1.40. The number of hydrogen-bond acceptors (Lipinski definition) is 0. The normalized spacial score (nSPS) is 39.8. The molecule has 0 aromatic heterocycles. The summed E-state index contributed by atoms with van der Waals surface area (Å²) in [6.45, 7) is 0. The van der Waals surface area contributed by atoms with E-state index in [1.54, 1.807) is 0 Å². The van der Waals surface area contributed by atoms with Crippen LogP contribution in [0.5, 0.6) is 0 Å². The maximum Gasteiger partial charge on any atom is 0.0900 e. The Morgan fingerprint density at radius 3 is 1.75 bits per heavy atom. The van der Waals surface area contributed by atoms with Gasteiger partial charge in [0, 0.05) is 0 Å². The number of rotatable bonds is 0. The van der Waals surface area contributed by atoms with Gasteiger partial charge in [-0.2, -0.15) is 0 Å². The van der Waals surface area contributed by atoms with Gasteiger partial charge >= 0.3 is 0 Å². The first-order valence-corrected chi connectivity index (χ1v) is 3.45. The molecule has 6 N–H and O–H groups in total. The molecule has 2 unspecified atom stereocenters. The quantitative estimate of drug-likeness (QED) is 0.399. The van der Waals surface area contributed by atoms with Crippen LogP contribution in [-0.4, -0.2) is 12.1 Å². The Morgan fingerprint density at radius 2 is 1.50 bits per heavy atom. The van der Waals surface area contributed by atoms with Crippen molar-refractivity contribution in [1.29, 1.82) is 0 Å². The second-order valence-electron chi connectivity index (χ2n) is 2.90. The molecule has 1 aliphatic carbocycles. The van der Waals surface area contributed by atoms with E-state index in [0.29, 0.717) is 12.1 Å². The van der Waals surface area contributed by atoms with E-state index in [9.17, 15) is 0 Å². The Hall–Kier alpha value is -0.0800. The topological polar surface area (TPSA) is 55.3 Å². The SMILES string of the molecule is [NH3+]C1CCCC([NH3+])C1. The molecular weight excluding hydrogens is 100 g/mol. The number of quaternary nitrogens is 2. The molecule has 0 saturated heterocycles. The maximum atomic E-state index is 4.01. The average molecular weight is 116 g/mol. The van der Waals surface area contributed by atoms with Crippen molar-refractivity contribution in [2.75, 3.05) is 0 Å². The zero-order chi connectivity index (χ0) is 5.98. The van der Waals surface area contributed by atoms with Crippen LogP contribution in [0.1, 0.15) is 25.7 Å². The minimum absolute atomic E-state index is 0.700. The first kappa shape index (κ1) is 6.05. The van der Waals surface area contributed by atoms with Gasteiger partial charge in [0.2, 0.25) is 0 Å². The highest BCUT2D eigenvalue weighted by Gasteiger charge is 2.19. The van der Waals surface area contributed by atoms with Gasteiger partial charge in [0.05, 0.1) is 18.5 Å². The minimum atomic E-state index is 0.700. The molecule has 0 aromatic carbocycles. The highest BCUT2D eigenvalue weighted by atomic mass is 14.7. The lowest BCUT2D eigenvalue weighted by Crippen LogP contribution is -2.70. The second kappa shape index (κ2) is 2.46. The summed E-state index contributed by atoms with van der Waals surface area (Å²) in [5.74, 6) is 0. The second-order valence-corrected chi connectivity index (χ2v) is 2.90. The van der Waals surface area contributed by atoms with E-state index in [4.69, 9.17) is 0 Å². The summed E-state index contributed by atoms with van der Waals surface area (Å²) < 4.78 is 0. The lowest BCUT2D eigenvalue weighted by molar-refractivity contribution is -0.475. The van der Waals surface area contributed by atoms with Crippen LogP contribution in [0, 0.1) is 0 Å². The van der Waals surface area contributed by atoms with Gasteiger partial charge in [0.15, 0.2) is 0 Å². The first-order chi connectivity index (χ1) is 3.79. The summed E-state index contributed by atoms with van der Waals surface area (Å²) in [6.07, 6.45) is 5.25. The minimum Gasteiger partial charge on any atom is -0.355 e. The Kier molecular flexibility index (Phi) is 1.86. The van der Waals surface area contributed by atoms with E-state index in [1.807, 2.05) is 0 Å². The van der Waals surface area contributed by atoms with E-state index in [2.05, 4.69) is 11.5 Å². The van der Waals surface area contributed by atoms with Gasteiger partial charge in [0.1, 0.15) is 0 Å². The number of hydrogen-bond donors (Lipinski definition) is 2. The lowest BCUT2D eigenvalue weighted by atomic mass is 9.92. The molecule has 0 bridgehead atoms. The molecule has 0 amide bonds. The van der Waals surface area contributed by atoms with Gasteiger partial charge in [-0.25, -0.2) is 0 Å². The van der Waals surface area contributed by atoms with Gasteiger partial charge in [0.25, 0.3) is 0 Å². The van der Waals surface area contributed by atoms with Gasteiger partial charge in [-0.15, -0.1) is 0 Å². The van der Waals surface area contributed by atoms with E-state index in [-0.39, 0.29) is 0 Å². The summed E-state index contributed by atoms with van der Waals surface area (Å²) in [6, 6.07) is 1.40. The first-order valence-electron chi connectivity index (χ1n) is 3.45. The van der Waals surface area contributed by atoms with Crippen molar-refractivity contribution in [2.45, 2.75) is 37.8 Å². The Labute approximate surface area is 50.2 Å². The molecule has 0 spiro atoms. The summed E-state index contributed by atoms with van der Waals surface area (Å²) in [4.78, 5) is 0. The molecule has 1 aliphatic rings. The summed E-state index contributed by atoms with van der Waals surface area (Å²) in [7, 11) is 0. The van der Waals surface area contributed by atoms with Crippen LogP contribution in [0.2, 0.25) is 0 Å². The van der Waals surface area contributed by atoms with Crippen LogP contribution >= 0.6 is 0 Å². The maximum absolute atomic E-state index is 4.01. The Bertz CT molecular complexity index is 64.9. The van der Waals surface area contributed by atoms with Crippen LogP contribution in [0.25, 0.3) is 0 Å². The predicted octanol–water partition coefficient (Wildman–Crippen LogP) is -1.22. The zero-order valence-electron chi connectivity index (χ0n) is 5.40. The molecule has 0 aromatic rings. The van der Waals surface area contributed by atoms with Gasteiger partial charge in [-0.3, -0.25) is 0 Å². The fraction of sp³-hybridized carbons (Fsp3) is 1.00. The van der Waals surface area contributed by atoms with Gasteiger partial charge in [-0.05, 0) is 19.3 Å². The summed E-state index contributed by atoms with van der Waals surface area (Å²) >= 11 is 0. The highest BCUT2D eigenvalue weighted by Crippen LogP contribution is 2.11. The van der Waals surface area contributed by atoms with E-state index >= 15 is 0 Å². The van der Waals surface area contributed by atoms with Crippen LogP contribution in [-0.2, 0) is 0 Å². The molecule has 48 valence electrons. The van der Waals surface area contributed by atoms with E-state index in [1.165, 1.54) is 25.7 Å². The van der Waals surface area contributed by atoms with Crippen LogP contribution in [0.15, 0.2) is 0 Å². The van der Waals surface area contributed by atoms with Crippen molar-refractivity contribution in [3.05, 3.63) is 0 Å². The molecule has 2 atom stereocenters. The van der Waals surface area contributed by atoms with E-state index in [0.717, 1.165) is 0 Å². The third kappa shape index (κ3) is 1.46. The fourth-order valence-corrected chi connectivity index (χ4v) is 1.40. The standard InChI is InChI=1S/C6H14N2/c7-5-2-1-3-6(8)4-5/h5-6H,1-4,7-8H2/p+2. The van der Waals surface area contributed by atoms with Crippen molar-refractivity contribution in [3.63, 3.8) is 0 Å². The third-order valence-corrected chi connectivity index (χ3v) is 1.89. The van der Waals surface area contributed by atoms with Crippen molar-refractivity contribution in [1.82, 2.24) is 0 Å². The molecule has 2 nitrogen and oxygen atoms in total. The highest BCUT2D eigenvalue weighted by molar-refractivity contribution is 4.67. The summed E-state index contributed by atoms with van der Waals surface area (Å²) in [5, 5.41) is 0. The molecule has 0 radical (unpaired) electrons. The molecule has 8 heavy (non-hydrogen) atoms. The van der Waals surface area contributed by atoms with Gasteiger partial charge < -0.3 is 11.5 Å². The van der Waals surface area contributed by atoms with Crippen molar-refractivity contribution in [2.24, 2.45) is 0 Å². The molecule has 1 fully saturated rings. The van der Waals surface area contributed by atoms with Crippen molar-refractivity contribution in [3.8, 4) is 0 Å². The zero-order valence-corrected chi connectivity index (χ0v) is 5.40. The van der Waals surface area contributed by atoms with Crippen LogP contribution < -0.4 is 11.5 Å². The molecule has 0 aliphatic heterocycles. The molecule has 1 saturated carbocycles. The van der Waals surface area contributed by atoms with E-state index < -0.39 is 0 Å².